The molecule has 0 radical (unpaired) electrons. The van der Waals surface area contributed by atoms with Gasteiger partial charge >= 0.3 is 5.97 Å². The summed E-state index contributed by atoms with van der Waals surface area (Å²) in [6.45, 7) is 0. The molecule has 0 amide bonds. The number of carboxylic acid groups (broad SMARTS) is 1. The topological polar surface area (TPSA) is 46.5 Å². The van der Waals surface area contributed by atoms with Crippen molar-refractivity contribution in [1.82, 2.24) is 0 Å². The summed E-state index contributed by atoms with van der Waals surface area (Å²) >= 11 is 1.69. The number of carboxylic acids is 1. The van der Waals surface area contributed by atoms with E-state index in [-0.39, 0.29) is 5.92 Å². The molecule has 4 heteroatoms. The third-order valence-electron chi connectivity index (χ3n) is 2.79. The maximum atomic E-state index is 11.2. The molecule has 2 rings (SSSR count). The number of carbonyl (C=O) groups is 1. The van der Waals surface area contributed by atoms with E-state index in [9.17, 15) is 9.90 Å². The molecular formula is C12H14O3S. The van der Waals surface area contributed by atoms with Crippen LogP contribution in [0.2, 0.25) is 0 Å². The van der Waals surface area contributed by atoms with Crippen molar-refractivity contribution in [2.45, 2.75) is 23.7 Å². The van der Waals surface area contributed by atoms with E-state index in [2.05, 4.69) is 0 Å². The highest BCUT2D eigenvalue weighted by Crippen LogP contribution is 2.41. The van der Waals surface area contributed by atoms with Crippen LogP contribution >= 0.6 is 11.8 Å². The van der Waals surface area contributed by atoms with Gasteiger partial charge in [0.1, 0.15) is 5.75 Å². The van der Waals surface area contributed by atoms with Gasteiger partial charge < -0.3 is 9.84 Å². The molecule has 1 heterocycles. The van der Waals surface area contributed by atoms with Gasteiger partial charge in [-0.3, -0.25) is 4.79 Å². The van der Waals surface area contributed by atoms with Crippen LogP contribution in [0.5, 0.6) is 5.75 Å². The van der Waals surface area contributed by atoms with E-state index in [1.54, 1.807) is 18.9 Å². The van der Waals surface area contributed by atoms with E-state index in [4.69, 9.17) is 4.74 Å². The largest absolute Gasteiger partial charge is 0.496 e. The van der Waals surface area contributed by atoms with E-state index in [0.29, 0.717) is 6.42 Å². The van der Waals surface area contributed by atoms with E-state index >= 15 is 0 Å². The Morgan fingerprint density at radius 3 is 3.06 bits per heavy atom. The smallest absolute Gasteiger partial charge is 0.311 e. The first-order valence-electron chi connectivity index (χ1n) is 5.26. The average Bonchev–Trinajstić information content (AvgIpc) is 2.50. The monoisotopic (exact) mass is 238 g/mol. The van der Waals surface area contributed by atoms with E-state index in [1.807, 2.05) is 18.2 Å². The van der Waals surface area contributed by atoms with Crippen molar-refractivity contribution < 1.29 is 14.6 Å². The Balaban J connectivity index is 2.49. The van der Waals surface area contributed by atoms with Crippen molar-refractivity contribution in [3.05, 3.63) is 23.8 Å². The van der Waals surface area contributed by atoms with Crippen LogP contribution in [-0.2, 0) is 4.79 Å². The second kappa shape index (κ2) is 4.78. The summed E-state index contributed by atoms with van der Waals surface area (Å²) in [5.74, 6) is 0.615. The summed E-state index contributed by atoms with van der Waals surface area (Å²) in [5.41, 5.74) is 0.898. The number of benzene rings is 1. The first-order valence-corrected chi connectivity index (χ1v) is 6.25. The molecule has 0 bridgehead atoms. The predicted molar refractivity (Wildman–Crippen MR) is 63.3 cm³/mol. The van der Waals surface area contributed by atoms with Crippen LogP contribution in [0.25, 0.3) is 0 Å². The second-order valence-electron chi connectivity index (χ2n) is 3.76. The molecule has 1 aliphatic rings. The van der Waals surface area contributed by atoms with Gasteiger partial charge in [-0.15, -0.1) is 11.8 Å². The van der Waals surface area contributed by atoms with E-state index < -0.39 is 5.97 Å². The van der Waals surface area contributed by atoms with Crippen LogP contribution in [0.3, 0.4) is 0 Å². The summed E-state index contributed by atoms with van der Waals surface area (Å²) < 4.78 is 5.28. The molecule has 86 valence electrons. The van der Waals surface area contributed by atoms with Crippen molar-refractivity contribution in [3.8, 4) is 5.75 Å². The van der Waals surface area contributed by atoms with Crippen molar-refractivity contribution in [1.29, 1.82) is 0 Å². The van der Waals surface area contributed by atoms with Crippen molar-refractivity contribution in [2.24, 2.45) is 0 Å². The normalized spacial score (nSPS) is 19.7. The lowest BCUT2D eigenvalue weighted by Crippen LogP contribution is -2.11. The summed E-state index contributed by atoms with van der Waals surface area (Å²) in [5, 5.41) is 9.22. The highest BCUT2D eigenvalue weighted by Gasteiger charge is 2.26. The molecule has 3 nitrogen and oxygen atoms in total. The van der Waals surface area contributed by atoms with Crippen molar-refractivity contribution in [2.75, 3.05) is 12.9 Å². The van der Waals surface area contributed by atoms with Crippen molar-refractivity contribution in [3.63, 3.8) is 0 Å². The van der Waals surface area contributed by atoms with Crippen LogP contribution in [0.4, 0.5) is 0 Å². The van der Waals surface area contributed by atoms with Crippen LogP contribution < -0.4 is 4.74 Å². The van der Waals surface area contributed by atoms with Crippen LogP contribution in [0.15, 0.2) is 23.1 Å². The van der Waals surface area contributed by atoms with E-state index in [1.165, 1.54) is 0 Å². The maximum absolute atomic E-state index is 11.2. The van der Waals surface area contributed by atoms with Gasteiger partial charge in [-0.25, -0.2) is 0 Å². The molecule has 16 heavy (non-hydrogen) atoms. The first kappa shape index (κ1) is 11.3. The lowest BCUT2D eigenvalue weighted by molar-refractivity contribution is -0.139. The maximum Gasteiger partial charge on any atom is 0.311 e. The minimum Gasteiger partial charge on any atom is -0.496 e. The number of thioether (sulfide) groups is 1. The molecule has 0 saturated carbocycles. The Morgan fingerprint density at radius 2 is 2.38 bits per heavy atom. The van der Waals surface area contributed by atoms with Crippen molar-refractivity contribution >= 4 is 17.7 Å². The Kier molecular flexibility index (Phi) is 3.39. The van der Waals surface area contributed by atoms with E-state index in [0.717, 1.165) is 28.4 Å². The minimum absolute atomic E-state index is 0.389. The highest BCUT2D eigenvalue weighted by molar-refractivity contribution is 7.99. The molecule has 0 fully saturated rings. The van der Waals surface area contributed by atoms with Gasteiger partial charge in [0.2, 0.25) is 0 Å². The van der Waals surface area contributed by atoms with Gasteiger partial charge in [-0.1, -0.05) is 12.1 Å². The lowest BCUT2D eigenvalue weighted by atomic mass is 9.94. The van der Waals surface area contributed by atoms with Crippen LogP contribution in [0, 0.1) is 0 Å². The third-order valence-corrected chi connectivity index (χ3v) is 4.00. The average molecular weight is 238 g/mol. The minimum atomic E-state index is -0.739. The fourth-order valence-electron chi connectivity index (χ4n) is 2.00. The Labute approximate surface area is 98.8 Å². The van der Waals surface area contributed by atoms with Gasteiger partial charge in [0.15, 0.2) is 0 Å². The van der Waals surface area contributed by atoms with Gasteiger partial charge in [-0.05, 0) is 30.2 Å². The lowest BCUT2D eigenvalue weighted by Gasteiger charge is -2.14. The number of ether oxygens (including phenoxy) is 1. The number of rotatable bonds is 2. The van der Waals surface area contributed by atoms with Crippen LogP contribution in [0.1, 0.15) is 24.3 Å². The third kappa shape index (κ3) is 2.02. The number of methoxy groups -OCH3 is 1. The molecule has 1 atom stereocenters. The molecule has 1 aromatic rings. The molecule has 0 spiro atoms. The summed E-state index contributed by atoms with van der Waals surface area (Å²) in [6.07, 6.45) is 1.64. The second-order valence-corrected chi connectivity index (χ2v) is 4.87. The number of aliphatic carboxylic acids is 1. The highest BCUT2D eigenvalue weighted by atomic mass is 32.2. The number of hydrogen-bond acceptors (Lipinski definition) is 3. The zero-order valence-electron chi connectivity index (χ0n) is 9.10. The van der Waals surface area contributed by atoms with Gasteiger partial charge in [-0.2, -0.15) is 0 Å². The molecule has 1 aliphatic heterocycles. The van der Waals surface area contributed by atoms with Crippen LogP contribution in [-0.4, -0.2) is 23.9 Å². The number of hydrogen-bond donors (Lipinski definition) is 1. The molecule has 1 N–H and O–H groups in total. The first-order chi connectivity index (χ1) is 7.74. The van der Waals surface area contributed by atoms with Gasteiger partial charge in [0.05, 0.1) is 17.9 Å². The van der Waals surface area contributed by atoms with Gasteiger partial charge in [0, 0.05) is 0 Å². The molecule has 0 aliphatic carbocycles. The molecule has 1 aromatic carbocycles. The Bertz CT molecular complexity index is 403. The van der Waals surface area contributed by atoms with Gasteiger partial charge in [0.25, 0.3) is 0 Å². The predicted octanol–water partition coefficient (Wildman–Crippen LogP) is 2.75. The number of fused-ring (bicyclic) bond motifs is 1. The molecule has 0 saturated heterocycles. The standard InChI is InChI=1S/C12H14O3S/c1-15-10-6-2-4-8-9(12(13)14)5-3-7-16-11(8)10/h2,4,6,9H,3,5,7H2,1H3,(H,13,14). The Hall–Kier alpha value is -1.16. The fourth-order valence-corrected chi connectivity index (χ4v) is 3.18. The molecular weight excluding hydrogens is 224 g/mol. The quantitative estimate of drug-likeness (QED) is 0.860. The molecule has 1 unspecified atom stereocenters. The zero-order chi connectivity index (χ0) is 11.5. The summed E-state index contributed by atoms with van der Waals surface area (Å²) in [6, 6.07) is 5.64. The zero-order valence-corrected chi connectivity index (χ0v) is 9.92. The Morgan fingerprint density at radius 1 is 1.56 bits per heavy atom. The molecule has 0 aromatic heterocycles. The SMILES string of the molecule is COc1cccc2c1SCCCC2C(=O)O. The summed E-state index contributed by atoms with van der Waals surface area (Å²) in [4.78, 5) is 12.2. The fraction of sp³-hybridized carbons (Fsp3) is 0.417. The summed E-state index contributed by atoms with van der Waals surface area (Å²) in [7, 11) is 1.62.